The molecule has 17 heavy (non-hydrogen) atoms. The fourth-order valence-corrected chi connectivity index (χ4v) is 1.14. The third kappa shape index (κ3) is 3.60. The third-order valence-electron chi connectivity index (χ3n) is 1.69. The maximum Gasteiger partial charge on any atom is 0.308 e. The predicted molar refractivity (Wildman–Crippen MR) is 53.4 cm³/mol. The molecule has 6 heteroatoms. The Hall–Kier alpha value is -2.37. The van der Waals surface area contributed by atoms with E-state index in [0.717, 1.165) is 13.0 Å². The van der Waals surface area contributed by atoms with Gasteiger partial charge >= 0.3 is 11.9 Å². The molecule has 0 aliphatic heterocycles. The van der Waals surface area contributed by atoms with E-state index in [4.69, 9.17) is 4.74 Å². The summed E-state index contributed by atoms with van der Waals surface area (Å²) >= 11 is 0. The molecule has 0 amide bonds. The van der Waals surface area contributed by atoms with Crippen molar-refractivity contribution < 1.29 is 29.0 Å². The van der Waals surface area contributed by atoms with E-state index in [9.17, 15) is 19.5 Å². The highest BCUT2D eigenvalue weighted by Crippen LogP contribution is 2.24. The van der Waals surface area contributed by atoms with Crippen molar-refractivity contribution in [3.63, 3.8) is 0 Å². The maximum absolute atomic E-state index is 10.8. The SMILES string of the molecule is CC(=O)Oc1ccc(OC(C)=O)c(C(=O)[O-])c1. The second-order valence-electron chi connectivity index (χ2n) is 3.13. The molecule has 90 valence electrons. The topological polar surface area (TPSA) is 92.7 Å². The number of hydrogen-bond acceptors (Lipinski definition) is 6. The van der Waals surface area contributed by atoms with E-state index in [-0.39, 0.29) is 17.1 Å². The average molecular weight is 237 g/mol. The Bertz CT molecular complexity index is 477. The molecular weight excluding hydrogens is 228 g/mol. The molecule has 0 bridgehead atoms. The standard InChI is InChI=1S/C11H10O6/c1-6(12)16-8-3-4-10(17-7(2)13)9(5-8)11(14)15/h3-5H,1-2H3,(H,14,15)/p-1. The number of rotatable bonds is 3. The van der Waals surface area contributed by atoms with Crippen molar-refractivity contribution in [3.05, 3.63) is 23.8 Å². The highest BCUT2D eigenvalue weighted by molar-refractivity contribution is 5.91. The van der Waals surface area contributed by atoms with E-state index in [0.29, 0.717) is 0 Å². The Kier molecular flexibility index (Phi) is 3.82. The summed E-state index contributed by atoms with van der Waals surface area (Å²) < 4.78 is 9.36. The lowest BCUT2D eigenvalue weighted by molar-refractivity contribution is -0.255. The van der Waals surface area contributed by atoms with Crippen molar-refractivity contribution >= 4 is 17.9 Å². The highest BCUT2D eigenvalue weighted by Gasteiger charge is 2.10. The van der Waals surface area contributed by atoms with E-state index < -0.39 is 17.9 Å². The smallest absolute Gasteiger partial charge is 0.308 e. The quantitative estimate of drug-likeness (QED) is 0.538. The van der Waals surface area contributed by atoms with Gasteiger partial charge in [-0.15, -0.1) is 0 Å². The Morgan fingerprint density at radius 1 is 1.06 bits per heavy atom. The van der Waals surface area contributed by atoms with Gasteiger partial charge in [-0.05, 0) is 18.2 Å². The molecule has 0 saturated carbocycles. The van der Waals surface area contributed by atoms with Gasteiger partial charge in [0.2, 0.25) is 0 Å². The van der Waals surface area contributed by atoms with Crippen LogP contribution in [-0.2, 0) is 9.59 Å². The first-order valence-electron chi connectivity index (χ1n) is 4.62. The number of carbonyl (C=O) groups is 3. The van der Waals surface area contributed by atoms with Gasteiger partial charge in [0, 0.05) is 19.4 Å². The van der Waals surface area contributed by atoms with Crippen LogP contribution in [0.1, 0.15) is 24.2 Å². The fraction of sp³-hybridized carbons (Fsp3) is 0.182. The van der Waals surface area contributed by atoms with Crippen molar-refractivity contribution in [2.24, 2.45) is 0 Å². The monoisotopic (exact) mass is 237 g/mol. The average Bonchev–Trinajstić information content (AvgIpc) is 2.18. The fourth-order valence-electron chi connectivity index (χ4n) is 1.14. The van der Waals surface area contributed by atoms with Crippen LogP contribution in [0.4, 0.5) is 0 Å². The number of hydrogen-bond donors (Lipinski definition) is 0. The molecule has 0 fully saturated rings. The van der Waals surface area contributed by atoms with Crippen LogP contribution in [0.2, 0.25) is 0 Å². The molecular formula is C11H9O6-. The number of esters is 2. The summed E-state index contributed by atoms with van der Waals surface area (Å²) in [6.07, 6.45) is 0. The normalized spacial score (nSPS) is 9.53. The summed E-state index contributed by atoms with van der Waals surface area (Å²) in [6.45, 7) is 2.32. The van der Waals surface area contributed by atoms with Crippen molar-refractivity contribution in [2.45, 2.75) is 13.8 Å². The zero-order valence-corrected chi connectivity index (χ0v) is 9.18. The number of ether oxygens (including phenoxy) is 2. The molecule has 6 nitrogen and oxygen atoms in total. The Morgan fingerprint density at radius 3 is 2.12 bits per heavy atom. The summed E-state index contributed by atoms with van der Waals surface area (Å²) in [6, 6.07) is 3.58. The minimum Gasteiger partial charge on any atom is -0.545 e. The molecule has 0 atom stereocenters. The molecule has 0 aliphatic rings. The van der Waals surface area contributed by atoms with Gasteiger partial charge in [0.15, 0.2) is 0 Å². The number of carboxylic acids is 1. The van der Waals surface area contributed by atoms with Gasteiger partial charge in [-0.25, -0.2) is 0 Å². The van der Waals surface area contributed by atoms with Gasteiger partial charge in [-0.2, -0.15) is 0 Å². The molecule has 0 heterocycles. The molecule has 0 aliphatic carbocycles. The van der Waals surface area contributed by atoms with Gasteiger partial charge in [-0.3, -0.25) is 9.59 Å². The zero-order chi connectivity index (χ0) is 13.0. The van der Waals surface area contributed by atoms with Crippen LogP contribution in [0.5, 0.6) is 11.5 Å². The minimum atomic E-state index is -1.53. The predicted octanol–water partition coefficient (Wildman–Crippen LogP) is -0.0993. The first kappa shape index (κ1) is 12.7. The Morgan fingerprint density at radius 2 is 1.65 bits per heavy atom. The summed E-state index contributed by atoms with van der Waals surface area (Å²) in [4.78, 5) is 32.2. The van der Waals surface area contributed by atoms with E-state index in [1.54, 1.807) is 0 Å². The summed E-state index contributed by atoms with van der Waals surface area (Å²) in [5.41, 5.74) is -0.362. The van der Waals surface area contributed by atoms with Crippen molar-refractivity contribution in [2.75, 3.05) is 0 Å². The zero-order valence-electron chi connectivity index (χ0n) is 9.18. The lowest BCUT2D eigenvalue weighted by Crippen LogP contribution is -2.23. The largest absolute Gasteiger partial charge is 0.545 e. The molecule has 1 aromatic carbocycles. The van der Waals surface area contributed by atoms with Crippen LogP contribution in [0.15, 0.2) is 18.2 Å². The molecule has 1 rings (SSSR count). The molecule has 0 N–H and O–H groups in total. The van der Waals surface area contributed by atoms with E-state index in [1.165, 1.54) is 19.1 Å². The van der Waals surface area contributed by atoms with Crippen LogP contribution in [-0.4, -0.2) is 17.9 Å². The maximum atomic E-state index is 10.8. The van der Waals surface area contributed by atoms with Gasteiger partial charge in [0.05, 0.1) is 5.97 Å². The summed E-state index contributed by atoms with van der Waals surface area (Å²) in [7, 11) is 0. The number of carbonyl (C=O) groups excluding carboxylic acids is 3. The van der Waals surface area contributed by atoms with Gasteiger partial charge < -0.3 is 19.4 Å². The summed E-state index contributed by atoms with van der Waals surface area (Å²) in [5, 5.41) is 10.8. The second-order valence-corrected chi connectivity index (χ2v) is 3.13. The van der Waals surface area contributed by atoms with Crippen molar-refractivity contribution in [3.8, 4) is 11.5 Å². The van der Waals surface area contributed by atoms with E-state index in [1.807, 2.05) is 0 Å². The molecule has 0 saturated heterocycles. The molecule has 0 spiro atoms. The van der Waals surface area contributed by atoms with Crippen molar-refractivity contribution in [1.29, 1.82) is 0 Å². The lowest BCUT2D eigenvalue weighted by Gasteiger charge is -2.11. The van der Waals surface area contributed by atoms with Crippen LogP contribution in [0.25, 0.3) is 0 Å². The van der Waals surface area contributed by atoms with Crippen molar-refractivity contribution in [1.82, 2.24) is 0 Å². The third-order valence-corrected chi connectivity index (χ3v) is 1.69. The van der Waals surface area contributed by atoms with Crippen LogP contribution in [0, 0.1) is 0 Å². The first-order chi connectivity index (χ1) is 7.90. The Labute approximate surface area is 96.8 Å². The van der Waals surface area contributed by atoms with E-state index >= 15 is 0 Å². The van der Waals surface area contributed by atoms with Gasteiger partial charge in [0.1, 0.15) is 11.5 Å². The molecule has 0 unspecified atom stereocenters. The molecule has 0 radical (unpaired) electrons. The number of carboxylic acid groups (broad SMARTS) is 1. The van der Waals surface area contributed by atoms with Gasteiger partial charge in [-0.1, -0.05) is 0 Å². The second kappa shape index (κ2) is 5.11. The molecule has 0 aromatic heterocycles. The lowest BCUT2D eigenvalue weighted by atomic mass is 10.2. The minimum absolute atomic E-state index is 0.0348. The first-order valence-corrected chi connectivity index (χ1v) is 4.62. The van der Waals surface area contributed by atoms with Crippen LogP contribution in [0.3, 0.4) is 0 Å². The van der Waals surface area contributed by atoms with Gasteiger partial charge in [0.25, 0.3) is 0 Å². The summed E-state index contributed by atoms with van der Waals surface area (Å²) in [5.74, 6) is -2.90. The molecule has 1 aromatic rings. The Balaban J connectivity index is 3.12. The number of aromatic carboxylic acids is 1. The van der Waals surface area contributed by atoms with Crippen LogP contribution < -0.4 is 14.6 Å². The van der Waals surface area contributed by atoms with E-state index in [2.05, 4.69) is 4.74 Å². The highest BCUT2D eigenvalue weighted by atomic mass is 16.5. The van der Waals surface area contributed by atoms with Crippen LogP contribution >= 0.6 is 0 Å². The number of benzene rings is 1.